The molecule has 140 valence electrons. The van der Waals surface area contributed by atoms with Gasteiger partial charge in [0.25, 0.3) is 0 Å². The third kappa shape index (κ3) is 5.73. The molecule has 0 aliphatic carbocycles. The molecule has 0 saturated carbocycles. The fraction of sp³-hybridized carbons (Fsp3) is 0.700. The Kier molecular flexibility index (Phi) is 7.35. The second-order valence-corrected chi connectivity index (χ2v) is 7.73. The topological polar surface area (TPSA) is 24.9 Å². The Morgan fingerprint density at radius 3 is 2.12 bits per heavy atom. The SMILES string of the molecule is CCOB(OC(C)(C)CC)c1ccc(N2CCN(C(C)C)CC2)cc1. The molecule has 0 aromatic heterocycles. The average molecular weight is 346 g/mol. The van der Waals surface area contributed by atoms with Crippen molar-refractivity contribution in [2.24, 2.45) is 0 Å². The van der Waals surface area contributed by atoms with Gasteiger partial charge in [-0.25, -0.2) is 0 Å². The minimum Gasteiger partial charge on any atom is -0.408 e. The van der Waals surface area contributed by atoms with Gasteiger partial charge in [-0.1, -0.05) is 19.1 Å². The van der Waals surface area contributed by atoms with Crippen LogP contribution in [0.5, 0.6) is 0 Å². The average Bonchev–Trinajstić information content (AvgIpc) is 2.61. The van der Waals surface area contributed by atoms with E-state index >= 15 is 0 Å². The van der Waals surface area contributed by atoms with Crippen molar-refractivity contribution in [1.82, 2.24) is 4.90 Å². The molecule has 0 amide bonds. The first-order chi connectivity index (χ1) is 11.9. The van der Waals surface area contributed by atoms with E-state index in [0.29, 0.717) is 12.6 Å². The van der Waals surface area contributed by atoms with Crippen molar-refractivity contribution < 1.29 is 9.31 Å². The highest BCUT2D eigenvalue weighted by Gasteiger charge is 2.29. The molecule has 0 unspecified atom stereocenters. The second kappa shape index (κ2) is 9.06. The summed E-state index contributed by atoms with van der Waals surface area (Å²) in [5, 5.41) is 0. The predicted molar refractivity (Wildman–Crippen MR) is 108 cm³/mol. The van der Waals surface area contributed by atoms with Crippen molar-refractivity contribution in [2.45, 2.75) is 59.6 Å². The number of hydrogen-bond acceptors (Lipinski definition) is 4. The van der Waals surface area contributed by atoms with E-state index < -0.39 is 0 Å². The summed E-state index contributed by atoms with van der Waals surface area (Å²) in [5.74, 6) is 0. The van der Waals surface area contributed by atoms with Gasteiger partial charge in [0.1, 0.15) is 0 Å². The Labute approximate surface area is 154 Å². The first kappa shape index (κ1) is 20.3. The highest BCUT2D eigenvalue weighted by Crippen LogP contribution is 2.18. The maximum absolute atomic E-state index is 6.20. The quantitative estimate of drug-likeness (QED) is 0.675. The molecule has 1 heterocycles. The molecular weight excluding hydrogens is 311 g/mol. The van der Waals surface area contributed by atoms with Gasteiger partial charge in [-0.15, -0.1) is 0 Å². The molecule has 2 rings (SSSR count). The van der Waals surface area contributed by atoms with E-state index in [-0.39, 0.29) is 12.7 Å². The molecule has 1 aliphatic rings. The van der Waals surface area contributed by atoms with Crippen molar-refractivity contribution in [3.63, 3.8) is 0 Å². The van der Waals surface area contributed by atoms with E-state index in [4.69, 9.17) is 9.31 Å². The van der Waals surface area contributed by atoms with E-state index in [1.165, 1.54) is 5.69 Å². The van der Waals surface area contributed by atoms with Crippen LogP contribution < -0.4 is 10.4 Å². The standard InChI is InChI=1S/C20H35BN2O2/c1-7-20(5,6)25-21(24-8-2)18-9-11-19(12-10-18)23-15-13-22(14-16-23)17(3)4/h9-12,17H,7-8,13-16H2,1-6H3. The third-order valence-electron chi connectivity index (χ3n) is 5.17. The van der Waals surface area contributed by atoms with Crippen molar-refractivity contribution in [3.05, 3.63) is 24.3 Å². The van der Waals surface area contributed by atoms with Crippen molar-refractivity contribution in [2.75, 3.05) is 37.7 Å². The van der Waals surface area contributed by atoms with Crippen molar-refractivity contribution >= 4 is 18.3 Å². The number of piperazine rings is 1. The first-order valence-corrected chi connectivity index (χ1v) is 9.74. The first-order valence-electron chi connectivity index (χ1n) is 9.74. The lowest BCUT2D eigenvalue weighted by Crippen LogP contribution is -2.49. The van der Waals surface area contributed by atoms with E-state index in [9.17, 15) is 0 Å². The van der Waals surface area contributed by atoms with Gasteiger partial charge in [0.15, 0.2) is 0 Å². The fourth-order valence-electron chi connectivity index (χ4n) is 3.06. The van der Waals surface area contributed by atoms with E-state index in [1.807, 2.05) is 6.92 Å². The molecule has 1 aromatic carbocycles. The largest absolute Gasteiger partial charge is 0.494 e. The van der Waals surface area contributed by atoms with Crippen LogP contribution in [0.2, 0.25) is 0 Å². The summed E-state index contributed by atoms with van der Waals surface area (Å²) < 4.78 is 12.0. The Hall–Kier alpha value is -1.04. The van der Waals surface area contributed by atoms with Gasteiger partial charge in [-0.05, 0) is 58.6 Å². The van der Waals surface area contributed by atoms with Crippen LogP contribution in [0.4, 0.5) is 5.69 Å². The van der Waals surface area contributed by atoms with Crippen LogP contribution in [0.15, 0.2) is 24.3 Å². The van der Waals surface area contributed by atoms with Crippen LogP contribution >= 0.6 is 0 Å². The summed E-state index contributed by atoms with van der Waals surface area (Å²) in [5.41, 5.74) is 2.19. The number of anilines is 1. The minimum atomic E-state index is -0.299. The summed E-state index contributed by atoms with van der Waals surface area (Å²) in [4.78, 5) is 5.01. The van der Waals surface area contributed by atoms with Gasteiger partial charge in [0.2, 0.25) is 0 Å². The lowest BCUT2D eigenvalue weighted by Gasteiger charge is -2.38. The van der Waals surface area contributed by atoms with Crippen LogP contribution in [-0.2, 0) is 9.31 Å². The third-order valence-corrected chi connectivity index (χ3v) is 5.17. The molecule has 25 heavy (non-hydrogen) atoms. The maximum Gasteiger partial charge on any atom is 0.494 e. The van der Waals surface area contributed by atoms with Crippen LogP contribution in [0.3, 0.4) is 0 Å². The number of benzene rings is 1. The Morgan fingerprint density at radius 2 is 1.64 bits per heavy atom. The van der Waals surface area contributed by atoms with Crippen LogP contribution in [0.25, 0.3) is 0 Å². The van der Waals surface area contributed by atoms with Crippen molar-refractivity contribution in [1.29, 1.82) is 0 Å². The lowest BCUT2D eigenvalue weighted by molar-refractivity contribution is 0.0706. The Bertz CT molecular complexity index is 511. The maximum atomic E-state index is 6.20. The summed E-state index contributed by atoms with van der Waals surface area (Å²) in [7, 11) is -0.299. The highest BCUT2D eigenvalue weighted by molar-refractivity contribution is 6.61. The number of hydrogen-bond donors (Lipinski definition) is 0. The lowest BCUT2D eigenvalue weighted by atomic mass is 9.77. The molecule has 0 bridgehead atoms. The van der Waals surface area contributed by atoms with Gasteiger partial charge in [0, 0.05) is 50.1 Å². The summed E-state index contributed by atoms with van der Waals surface area (Å²) in [6, 6.07) is 9.34. The van der Waals surface area contributed by atoms with Crippen LogP contribution in [0.1, 0.15) is 48.0 Å². The molecule has 0 radical (unpaired) electrons. The molecule has 0 spiro atoms. The van der Waals surface area contributed by atoms with Gasteiger partial charge in [0.05, 0.1) is 0 Å². The zero-order chi connectivity index (χ0) is 18.4. The predicted octanol–water partition coefficient (Wildman–Crippen LogP) is 3.15. The molecule has 0 N–H and O–H groups in total. The van der Waals surface area contributed by atoms with E-state index in [0.717, 1.165) is 38.1 Å². The minimum absolute atomic E-state index is 0.189. The summed E-state index contributed by atoms with van der Waals surface area (Å²) >= 11 is 0. The van der Waals surface area contributed by atoms with Gasteiger partial charge < -0.3 is 14.2 Å². The Morgan fingerprint density at radius 1 is 1.04 bits per heavy atom. The van der Waals surface area contributed by atoms with E-state index in [2.05, 4.69) is 68.7 Å². The van der Waals surface area contributed by atoms with Gasteiger partial charge in [-0.2, -0.15) is 0 Å². The van der Waals surface area contributed by atoms with Crippen LogP contribution in [0, 0.1) is 0 Å². The fourth-order valence-corrected chi connectivity index (χ4v) is 3.06. The van der Waals surface area contributed by atoms with Crippen LogP contribution in [-0.4, -0.2) is 56.4 Å². The number of nitrogens with zero attached hydrogens (tertiary/aromatic N) is 2. The second-order valence-electron chi connectivity index (χ2n) is 7.73. The summed E-state index contributed by atoms with van der Waals surface area (Å²) in [6.45, 7) is 18.0. The molecule has 5 heteroatoms. The van der Waals surface area contributed by atoms with Gasteiger partial charge in [-0.3, -0.25) is 4.90 Å². The Balaban J connectivity index is 2.02. The molecule has 1 aliphatic heterocycles. The molecule has 1 fully saturated rings. The molecule has 1 saturated heterocycles. The molecule has 0 atom stereocenters. The number of rotatable bonds is 8. The van der Waals surface area contributed by atoms with Gasteiger partial charge >= 0.3 is 7.12 Å². The monoisotopic (exact) mass is 346 g/mol. The van der Waals surface area contributed by atoms with E-state index in [1.54, 1.807) is 0 Å². The highest BCUT2D eigenvalue weighted by atomic mass is 16.6. The molecule has 4 nitrogen and oxygen atoms in total. The molecule has 1 aromatic rings. The van der Waals surface area contributed by atoms with Crippen molar-refractivity contribution in [3.8, 4) is 0 Å². The smallest absolute Gasteiger partial charge is 0.408 e. The molecular formula is C20H35BN2O2. The normalized spacial score (nSPS) is 16.5. The zero-order valence-corrected chi connectivity index (χ0v) is 16.9. The summed E-state index contributed by atoms with van der Waals surface area (Å²) in [6.07, 6.45) is 0.953. The zero-order valence-electron chi connectivity index (χ0n) is 16.9.